The van der Waals surface area contributed by atoms with Crippen LogP contribution < -0.4 is 5.56 Å². The first-order valence-electron chi connectivity index (χ1n) is 5.85. The number of ether oxygens (including phenoxy) is 1. The standard InChI is InChI=1S/C13H12N4O2/c18-13-12-11(14-8-15-12)6-16-17(13)9-19-7-10-4-2-1-3-5-10/h1-6,8,16H,7,9H2. The number of benzene rings is 1. The number of aromatic nitrogens is 4. The first kappa shape index (κ1) is 11.6. The minimum absolute atomic E-state index is 0.149. The monoisotopic (exact) mass is 256 g/mol. The molecule has 2 aliphatic heterocycles. The molecule has 0 saturated carbocycles. The van der Waals surface area contributed by atoms with Crippen molar-refractivity contribution in [2.75, 3.05) is 0 Å². The molecule has 1 aromatic carbocycles. The molecule has 96 valence electrons. The van der Waals surface area contributed by atoms with Gasteiger partial charge in [0, 0.05) is 6.20 Å². The van der Waals surface area contributed by atoms with Gasteiger partial charge in [0.15, 0.2) is 5.69 Å². The van der Waals surface area contributed by atoms with Gasteiger partial charge in [0.1, 0.15) is 18.8 Å². The van der Waals surface area contributed by atoms with Crippen LogP contribution in [0.5, 0.6) is 0 Å². The van der Waals surface area contributed by atoms with Crippen LogP contribution in [0.15, 0.2) is 47.7 Å². The Morgan fingerprint density at radius 2 is 2.05 bits per heavy atom. The summed E-state index contributed by atoms with van der Waals surface area (Å²) >= 11 is 0. The van der Waals surface area contributed by atoms with Crippen LogP contribution in [0.2, 0.25) is 0 Å². The first-order chi connectivity index (χ1) is 9.34. The van der Waals surface area contributed by atoms with Gasteiger partial charge in [-0.1, -0.05) is 30.3 Å². The zero-order chi connectivity index (χ0) is 13.1. The van der Waals surface area contributed by atoms with Crippen LogP contribution in [0.1, 0.15) is 5.56 Å². The van der Waals surface area contributed by atoms with E-state index in [1.807, 2.05) is 30.3 Å². The summed E-state index contributed by atoms with van der Waals surface area (Å²) in [6.45, 7) is 0.600. The third-order valence-electron chi connectivity index (χ3n) is 2.76. The van der Waals surface area contributed by atoms with Crippen LogP contribution in [0, 0.1) is 0 Å². The second-order valence-electron chi connectivity index (χ2n) is 4.08. The lowest BCUT2D eigenvalue weighted by molar-refractivity contribution is 0.0529. The highest BCUT2D eigenvalue weighted by Gasteiger charge is 2.12. The van der Waals surface area contributed by atoms with E-state index in [0.717, 1.165) is 5.56 Å². The van der Waals surface area contributed by atoms with Crippen LogP contribution in [0.4, 0.5) is 0 Å². The maximum atomic E-state index is 12.0. The maximum Gasteiger partial charge on any atom is 0.295 e. The predicted octanol–water partition coefficient (Wildman–Crippen LogP) is 1.25. The molecular weight excluding hydrogens is 244 g/mol. The number of hydrogen-bond donors (Lipinski definition) is 1. The highest BCUT2D eigenvalue weighted by atomic mass is 16.5. The zero-order valence-electron chi connectivity index (χ0n) is 10.1. The van der Waals surface area contributed by atoms with E-state index in [1.54, 1.807) is 6.20 Å². The number of aromatic amines is 1. The van der Waals surface area contributed by atoms with E-state index in [4.69, 9.17) is 4.74 Å². The van der Waals surface area contributed by atoms with Crippen LogP contribution in [-0.4, -0.2) is 19.7 Å². The van der Waals surface area contributed by atoms with Gasteiger partial charge in [-0.15, -0.1) is 0 Å². The SMILES string of the molecule is O=c1c2ncnc-2c[nH]n1COCc1ccccc1. The fraction of sp³-hybridized carbons (Fsp3) is 0.154. The predicted molar refractivity (Wildman–Crippen MR) is 68.5 cm³/mol. The molecule has 0 radical (unpaired) electrons. The third-order valence-corrected chi connectivity index (χ3v) is 2.76. The molecule has 0 amide bonds. The van der Waals surface area contributed by atoms with Crippen molar-refractivity contribution < 1.29 is 4.74 Å². The lowest BCUT2D eigenvalue weighted by Crippen LogP contribution is -2.26. The number of hydrogen-bond acceptors (Lipinski definition) is 4. The number of rotatable bonds is 4. The van der Waals surface area contributed by atoms with E-state index < -0.39 is 0 Å². The summed E-state index contributed by atoms with van der Waals surface area (Å²) in [7, 11) is 0. The summed E-state index contributed by atoms with van der Waals surface area (Å²) in [6.07, 6.45) is 3.00. The molecule has 0 spiro atoms. The Kier molecular flexibility index (Phi) is 3.07. The molecule has 1 N–H and O–H groups in total. The van der Waals surface area contributed by atoms with Crippen LogP contribution >= 0.6 is 0 Å². The quantitative estimate of drug-likeness (QED) is 0.762. The van der Waals surface area contributed by atoms with Crippen LogP contribution in [-0.2, 0) is 18.1 Å². The number of fused-ring (bicyclic) bond motifs is 1. The van der Waals surface area contributed by atoms with Crippen LogP contribution in [0.25, 0.3) is 11.4 Å². The normalized spacial score (nSPS) is 10.9. The summed E-state index contributed by atoms with van der Waals surface area (Å²) in [4.78, 5) is 19.9. The van der Waals surface area contributed by atoms with Gasteiger partial charge in [-0.25, -0.2) is 14.6 Å². The van der Waals surface area contributed by atoms with Gasteiger partial charge in [0.25, 0.3) is 5.56 Å². The van der Waals surface area contributed by atoms with E-state index >= 15 is 0 Å². The minimum Gasteiger partial charge on any atom is -0.355 e. The zero-order valence-corrected chi connectivity index (χ0v) is 10.1. The van der Waals surface area contributed by atoms with E-state index in [1.165, 1.54) is 11.0 Å². The number of H-pyrrole nitrogens is 1. The van der Waals surface area contributed by atoms with Gasteiger partial charge in [-0.3, -0.25) is 9.89 Å². The summed E-state index contributed by atoms with van der Waals surface area (Å²) in [5.41, 5.74) is 1.74. The van der Waals surface area contributed by atoms with Crippen molar-refractivity contribution in [3.8, 4) is 11.4 Å². The Morgan fingerprint density at radius 3 is 2.89 bits per heavy atom. The Morgan fingerprint density at radius 1 is 1.21 bits per heavy atom. The molecule has 1 aromatic rings. The summed E-state index contributed by atoms with van der Waals surface area (Å²) in [5.74, 6) is 0. The highest BCUT2D eigenvalue weighted by Crippen LogP contribution is 2.08. The lowest BCUT2D eigenvalue weighted by atomic mass is 10.2. The molecule has 19 heavy (non-hydrogen) atoms. The average Bonchev–Trinajstić information content (AvgIpc) is 2.92. The van der Waals surface area contributed by atoms with E-state index in [2.05, 4.69) is 15.1 Å². The molecule has 0 bridgehead atoms. The van der Waals surface area contributed by atoms with Crippen molar-refractivity contribution in [2.45, 2.75) is 13.3 Å². The Hall–Kier alpha value is -2.47. The topological polar surface area (TPSA) is 72.8 Å². The molecule has 0 fully saturated rings. The summed E-state index contributed by atoms with van der Waals surface area (Å²) in [6, 6.07) is 9.78. The average molecular weight is 256 g/mol. The third kappa shape index (κ3) is 2.38. The van der Waals surface area contributed by atoms with Gasteiger partial charge in [-0.2, -0.15) is 0 Å². The molecule has 3 rings (SSSR count). The van der Waals surface area contributed by atoms with E-state index in [0.29, 0.717) is 18.0 Å². The fourth-order valence-electron chi connectivity index (χ4n) is 1.80. The fourth-order valence-corrected chi connectivity index (χ4v) is 1.80. The molecule has 2 heterocycles. The number of nitrogens with one attached hydrogen (secondary N) is 1. The van der Waals surface area contributed by atoms with Gasteiger partial charge < -0.3 is 4.74 Å². The smallest absolute Gasteiger partial charge is 0.295 e. The molecule has 0 saturated heterocycles. The maximum absolute atomic E-state index is 12.0. The summed E-state index contributed by atoms with van der Waals surface area (Å²) < 4.78 is 6.86. The van der Waals surface area contributed by atoms with Gasteiger partial charge in [-0.05, 0) is 5.56 Å². The van der Waals surface area contributed by atoms with Crippen molar-refractivity contribution >= 4 is 0 Å². The highest BCUT2D eigenvalue weighted by molar-refractivity contribution is 5.51. The molecule has 0 aromatic heterocycles. The van der Waals surface area contributed by atoms with Gasteiger partial charge in [0.05, 0.1) is 6.61 Å². The van der Waals surface area contributed by atoms with Crippen LogP contribution in [0.3, 0.4) is 0 Å². The molecule has 0 aliphatic carbocycles. The molecule has 0 atom stereocenters. The largest absolute Gasteiger partial charge is 0.355 e. The Labute approximate surface area is 109 Å². The van der Waals surface area contributed by atoms with Crippen molar-refractivity contribution in [1.29, 1.82) is 0 Å². The second kappa shape index (κ2) is 5.03. The summed E-state index contributed by atoms with van der Waals surface area (Å²) in [5, 5.41) is 2.83. The van der Waals surface area contributed by atoms with Gasteiger partial charge >= 0.3 is 0 Å². The second-order valence-corrected chi connectivity index (χ2v) is 4.08. The molecule has 0 unspecified atom stereocenters. The van der Waals surface area contributed by atoms with Crippen molar-refractivity contribution in [1.82, 2.24) is 19.7 Å². The first-order valence-corrected chi connectivity index (χ1v) is 5.85. The minimum atomic E-state index is -0.233. The molecule has 6 heteroatoms. The molecule has 2 aliphatic rings. The van der Waals surface area contributed by atoms with Crippen molar-refractivity contribution in [3.05, 3.63) is 58.8 Å². The number of imidazole rings is 1. The lowest BCUT2D eigenvalue weighted by Gasteiger charge is -2.08. The van der Waals surface area contributed by atoms with E-state index in [9.17, 15) is 4.79 Å². The Balaban J connectivity index is 1.71. The van der Waals surface area contributed by atoms with Crippen molar-refractivity contribution in [2.24, 2.45) is 0 Å². The molecular formula is C13H12N4O2. The Bertz CT molecular complexity index is 689. The van der Waals surface area contributed by atoms with Crippen molar-refractivity contribution in [3.63, 3.8) is 0 Å². The molecule has 6 nitrogen and oxygen atoms in total. The number of nitrogens with zero attached hydrogens (tertiary/aromatic N) is 3. The van der Waals surface area contributed by atoms with Gasteiger partial charge in [0.2, 0.25) is 0 Å². The van der Waals surface area contributed by atoms with E-state index in [-0.39, 0.29) is 12.3 Å².